The molecule has 1 amide bonds. The summed E-state index contributed by atoms with van der Waals surface area (Å²) in [6.45, 7) is 3.20. The van der Waals surface area contributed by atoms with Crippen LogP contribution >= 0.6 is 0 Å². The van der Waals surface area contributed by atoms with Crippen molar-refractivity contribution in [2.24, 2.45) is 10.9 Å². The van der Waals surface area contributed by atoms with Crippen molar-refractivity contribution in [1.82, 2.24) is 16.0 Å². The molecule has 3 N–H and O–H groups in total. The largest absolute Gasteiger partial charge is 0.467 e. The molecule has 1 aliphatic rings. The van der Waals surface area contributed by atoms with Gasteiger partial charge in [-0.3, -0.25) is 9.79 Å². The van der Waals surface area contributed by atoms with Gasteiger partial charge in [-0.15, -0.1) is 0 Å². The van der Waals surface area contributed by atoms with Crippen molar-refractivity contribution in [3.8, 4) is 0 Å². The summed E-state index contributed by atoms with van der Waals surface area (Å²) in [4.78, 5) is 16.2. The first-order valence-corrected chi connectivity index (χ1v) is 9.62. The van der Waals surface area contributed by atoms with E-state index >= 15 is 0 Å². The summed E-state index contributed by atoms with van der Waals surface area (Å²) in [5, 5.41) is 9.46. The molecule has 0 radical (unpaired) electrons. The summed E-state index contributed by atoms with van der Waals surface area (Å²) in [7, 11) is 1.74. The number of carbonyl (C=O) groups excluding carboxylic acids is 1. The van der Waals surface area contributed by atoms with Crippen LogP contribution in [0.25, 0.3) is 0 Å². The maximum Gasteiger partial charge on any atom is 0.223 e. The first-order valence-electron chi connectivity index (χ1n) is 9.62. The molecule has 7 heteroatoms. The monoisotopic (exact) mass is 364 g/mol. The molecule has 7 nitrogen and oxygen atoms in total. The Balaban J connectivity index is 1.46. The fraction of sp³-hybridized carbons (Fsp3) is 0.684. The third-order valence-corrected chi connectivity index (χ3v) is 4.50. The third kappa shape index (κ3) is 7.91. The van der Waals surface area contributed by atoms with Crippen molar-refractivity contribution in [2.45, 2.75) is 45.1 Å². The van der Waals surface area contributed by atoms with E-state index in [1.165, 1.54) is 19.3 Å². The molecule has 0 unspecified atom stereocenters. The van der Waals surface area contributed by atoms with Crippen LogP contribution in [0.5, 0.6) is 0 Å². The zero-order chi connectivity index (χ0) is 18.5. The Bertz CT molecular complexity index is 525. The number of hydrogen-bond donors (Lipinski definition) is 3. The van der Waals surface area contributed by atoms with E-state index in [0.717, 1.165) is 37.5 Å². The van der Waals surface area contributed by atoms with E-state index in [1.54, 1.807) is 13.3 Å². The molecule has 2 rings (SSSR count). The molecule has 0 aliphatic heterocycles. The highest BCUT2D eigenvalue weighted by Gasteiger charge is 2.20. The van der Waals surface area contributed by atoms with Gasteiger partial charge in [0.1, 0.15) is 12.4 Å². The van der Waals surface area contributed by atoms with Gasteiger partial charge in [0.05, 0.1) is 6.26 Å². The second-order valence-corrected chi connectivity index (χ2v) is 6.54. The zero-order valence-electron chi connectivity index (χ0n) is 15.8. The van der Waals surface area contributed by atoms with Crippen LogP contribution in [0.3, 0.4) is 0 Å². The average molecular weight is 364 g/mol. The lowest BCUT2D eigenvalue weighted by Gasteiger charge is -2.21. The average Bonchev–Trinajstić information content (AvgIpc) is 3.20. The molecule has 0 bridgehead atoms. The van der Waals surface area contributed by atoms with Crippen LogP contribution in [0.2, 0.25) is 0 Å². The van der Waals surface area contributed by atoms with Crippen LogP contribution in [0.4, 0.5) is 0 Å². The Morgan fingerprint density at radius 1 is 1.19 bits per heavy atom. The first-order chi connectivity index (χ1) is 12.8. The van der Waals surface area contributed by atoms with Gasteiger partial charge in [0.25, 0.3) is 0 Å². The summed E-state index contributed by atoms with van der Waals surface area (Å²) < 4.78 is 10.7. The number of aliphatic imine (C=N–C) groups is 1. The van der Waals surface area contributed by atoms with E-state index < -0.39 is 0 Å². The Hall–Kier alpha value is -2.02. The van der Waals surface area contributed by atoms with Gasteiger partial charge in [-0.05, 0) is 31.4 Å². The van der Waals surface area contributed by atoms with Crippen LogP contribution in [0, 0.1) is 5.92 Å². The Kier molecular flexibility index (Phi) is 9.64. The number of carbonyl (C=O) groups is 1. The summed E-state index contributed by atoms with van der Waals surface area (Å²) in [6.07, 6.45) is 8.21. The van der Waals surface area contributed by atoms with Crippen LogP contribution in [0.1, 0.15) is 44.3 Å². The van der Waals surface area contributed by atoms with Gasteiger partial charge < -0.3 is 25.1 Å². The molecule has 146 valence electrons. The zero-order valence-corrected chi connectivity index (χ0v) is 15.8. The molecule has 0 atom stereocenters. The summed E-state index contributed by atoms with van der Waals surface area (Å²) >= 11 is 0. The minimum absolute atomic E-state index is 0.197. The number of amides is 1. The second kappa shape index (κ2) is 12.4. The SMILES string of the molecule is CN=C(NCCCOCc1ccco1)NCCNC(=O)C1CCCCC1. The van der Waals surface area contributed by atoms with Gasteiger partial charge in [0.2, 0.25) is 5.91 Å². The molecule has 26 heavy (non-hydrogen) atoms. The maximum absolute atomic E-state index is 12.1. The van der Waals surface area contributed by atoms with E-state index in [0.29, 0.717) is 26.3 Å². The van der Waals surface area contributed by atoms with E-state index in [1.807, 2.05) is 12.1 Å². The van der Waals surface area contributed by atoms with Crippen molar-refractivity contribution in [2.75, 3.05) is 33.3 Å². The van der Waals surface area contributed by atoms with Gasteiger partial charge in [-0.2, -0.15) is 0 Å². The fourth-order valence-electron chi connectivity index (χ4n) is 3.04. The lowest BCUT2D eigenvalue weighted by molar-refractivity contribution is -0.125. The van der Waals surface area contributed by atoms with E-state index in [4.69, 9.17) is 9.15 Å². The number of hydrogen-bond acceptors (Lipinski definition) is 4. The van der Waals surface area contributed by atoms with Crippen molar-refractivity contribution in [3.05, 3.63) is 24.2 Å². The Morgan fingerprint density at radius 3 is 2.69 bits per heavy atom. The maximum atomic E-state index is 12.1. The second-order valence-electron chi connectivity index (χ2n) is 6.54. The minimum atomic E-state index is 0.197. The lowest BCUT2D eigenvalue weighted by Crippen LogP contribution is -2.43. The first kappa shape index (κ1) is 20.3. The normalized spacial score (nSPS) is 15.7. The Labute approximate surface area is 156 Å². The fourth-order valence-corrected chi connectivity index (χ4v) is 3.04. The molecule has 1 saturated carbocycles. The predicted molar refractivity (Wildman–Crippen MR) is 102 cm³/mol. The number of furan rings is 1. The van der Waals surface area contributed by atoms with E-state index in [9.17, 15) is 4.79 Å². The third-order valence-electron chi connectivity index (χ3n) is 4.50. The quantitative estimate of drug-likeness (QED) is 0.336. The number of nitrogens with one attached hydrogen (secondary N) is 3. The van der Waals surface area contributed by atoms with Crippen molar-refractivity contribution in [1.29, 1.82) is 0 Å². The number of nitrogens with zero attached hydrogens (tertiary/aromatic N) is 1. The van der Waals surface area contributed by atoms with E-state index in [2.05, 4.69) is 20.9 Å². The molecule has 0 saturated heterocycles. The highest BCUT2D eigenvalue weighted by Crippen LogP contribution is 2.23. The van der Waals surface area contributed by atoms with Crippen molar-refractivity contribution >= 4 is 11.9 Å². The van der Waals surface area contributed by atoms with Gasteiger partial charge >= 0.3 is 0 Å². The smallest absolute Gasteiger partial charge is 0.223 e. The molecule has 1 aliphatic carbocycles. The number of guanidine groups is 1. The van der Waals surface area contributed by atoms with Crippen molar-refractivity contribution < 1.29 is 13.9 Å². The highest BCUT2D eigenvalue weighted by atomic mass is 16.5. The minimum Gasteiger partial charge on any atom is -0.467 e. The summed E-state index contributed by atoms with van der Waals surface area (Å²) in [5.41, 5.74) is 0. The van der Waals surface area contributed by atoms with Crippen LogP contribution in [-0.2, 0) is 16.1 Å². The molecule has 0 aromatic carbocycles. The standard InChI is InChI=1S/C19H32N4O3/c1-20-19(22-10-6-13-25-15-17-9-5-14-26-17)23-12-11-21-18(24)16-7-3-2-4-8-16/h5,9,14,16H,2-4,6-8,10-13,15H2,1H3,(H,21,24)(H2,20,22,23). The van der Waals surface area contributed by atoms with Gasteiger partial charge in [-0.25, -0.2) is 0 Å². The number of rotatable bonds is 10. The molecule has 1 aromatic heterocycles. The molecule has 1 fully saturated rings. The van der Waals surface area contributed by atoms with E-state index in [-0.39, 0.29) is 11.8 Å². The van der Waals surface area contributed by atoms with Gasteiger partial charge in [0, 0.05) is 39.2 Å². The topological polar surface area (TPSA) is 87.9 Å². The molecule has 1 heterocycles. The summed E-state index contributed by atoms with van der Waals surface area (Å²) in [6, 6.07) is 3.75. The van der Waals surface area contributed by atoms with Crippen LogP contribution in [0.15, 0.2) is 27.8 Å². The Morgan fingerprint density at radius 2 is 1.96 bits per heavy atom. The highest BCUT2D eigenvalue weighted by molar-refractivity contribution is 5.80. The molecular weight excluding hydrogens is 332 g/mol. The van der Waals surface area contributed by atoms with Crippen LogP contribution < -0.4 is 16.0 Å². The van der Waals surface area contributed by atoms with Gasteiger partial charge in [0.15, 0.2) is 5.96 Å². The number of ether oxygens (including phenoxy) is 1. The van der Waals surface area contributed by atoms with Crippen molar-refractivity contribution in [3.63, 3.8) is 0 Å². The summed E-state index contributed by atoms with van der Waals surface area (Å²) in [5.74, 6) is 1.99. The lowest BCUT2D eigenvalue weighted by atomic mass is 9.89. The molecule has 1 aromatic rings. The molecular formula is C19H32N4O3. The van der Waals surface area contributed by atoms with Gasteiger partial charge in [-0.1, -0.05) is 19.3 Å². The van der Waals surface area contributed by atoms with Crippen LogP contribution in [-0.4, -0.2) is 45.2 Å². The predicted octanol–water partition coefficient (Wildman–Crippen LogP) is 2.05. The molecule has 0 spiro atoms.